The molecular formula is C22H26N2O4S. The molecule has 0 aliphatic heterocycles. The van der Waals surface area contributed by atoms with E-state index in [0.29, 0.717) is 16.5 Å². The molecule has 7 heteroatoms. The molecule has 0 bridgehead atoms. The molecule has 3 rings (SSSR count). The van der Waals surface area contributed by atoms with Crippen LogP contribution in [-0.2, 0) is 28.8 Å². The first-order valence-electron chi connectivity index (χ1n) is 9.68. The molecule has 6 nitrogen and oxygen atoms in total. The number of hydrogen-bond donors (Lipinski definition) is 2. The van der Waals surface area contributed by atoms with Crippen molar-refractivity contribution in [2.75, 3.05) is 12.4 Å². The van der Waals surface area contributed by atoms with Gasteiger partial charge in [0.25, 0.3) is 5.91 Å². The summed E-state index contributed by atoms with van der Waals surface area (Å²) in [7, 11) is 1.21. The Morgan fingerprint density at radius 1 is 1.24 bits per heavy atom. The Bertz CT molecular complexity index is 964. The Hall–Kier alpha value is -2.67. The number of methoxy groups -OCH3 is 1. The van der Waals surface area contributed by atoms with Gasteiger partial charge < -0.3 is 10.1 Å². The number of anilines is 1. The Balaban J connectivity index is 1.86. The molecule has 2 aromatic rings. The van der Waals surface area contributed by atoms with Gasteiger partial charge in [-0.2, -0.15) is 0 Å². The van der Waals surface area contributed by atoms with Crippen LogP contribution in [-0.4, -0.2) is 25.0 Å². The topological polar surface area (TPSA) is 84.5 Å². The summed E-state index contributed by atoms with van der Waals surface area (Å²) in [6, 6.07) is 5.98. The van der Waals surface area contributed by atoms with E-state index in [0.717, 1.165) is 46.4 Å². The number of alkyl carbamates (subject to hydrolysis) is 1. The second-order valence-corrected chi connectivity index (χ2v) is 8.76. The molecule has 2 N–H and O–H groups in total. The fraction of sp³-hybridized carbons (Fsp3) is 0.409. The highest BCUT2D eigenvalue weighted by molar-refractivity contribution is 7.17. The Morgan fingerprint density at radius 2 is 2.00 bits per heavy atom. The number of nitrogens with one attached hydrogen (secondary N) is 2. The molecule has 0 saturated heterocycles. The second kappa shape index (κ2) is 8.78. The van der Waals surface area contributed by atoms with Crippen molar-refractivity contribution in [3.63, 3.8) is 0 Å². The van der Waals surface area contributed by atoms with Crippen LogP contribution in [0.5, 0.6) is 0 Å². The number of ether oxygens (including phenoxy) is 1. The number of thiophene rings is 1. The third kappa shape index (κ3) is 4.85. The third-order valence-electron chi connectivity index (χ3n) is 5.24. The Morgan fingerprint density at radius 3 is 2.69 bits per heavy atom. The van der Waals surface area contributed by atoms with Crippen LogP contribution in [0.25, 0.3) is 0 Å². The number of aryl methyl sites for hydroxylation is 2. The van der Waals surface area contributed by atoms with Crippen LogP contribution >= 0.6 is 11.3 Å². The van der Waals surface area contributed by atoms with Gasteiger partial charge in [0.05, 0.1) is 19.1 Å². The number of carbonyl (C=O) groups is 3. The van der Waals surface area contributed by atoms with Gasteiger partial charge in [0.2, 0.25) is 5.91 Å². The molecule has 1 aliphatic carbocycles. The highest BCUT2D eigenvalue weighted by Gasteiger charge is 2.29. The van der Waals surface area contributed by atoms with E-state index < -0.39 is 12.0 Å². The van der Waals surface area contributed by atoms with Crippen molar-refractivity contribution >= 4 is 34.2 Å². The van der Waals surface area contributed by atoms with Crippen molar-refractivity contribution in [2.24, 2.45) is 5.92 Å². The van der Waals surface area contributed by atoms with E-state index in [-0.39, 0.29) is 12.3 Å². The monoisotopic (exact) mass is 414 g/mol. The molecule has 29 heavy (non-hydrogen) atoms. The molecule has 0 saturated carbocycles. The zero-order chi connectivity index (χ0) is 21.1. The quantitative estimate of drug-likeness (QED) is 0.786. The lowest BCUT2D eigenvalue weighted by atomic mass is 9.88. The zero-order valence-corrected chi connectivity index (χ0v) is 18.0. The molecule has 154 valence electrons. The van der Waals surface area contributed by atoms with Crippen LogP contribution in [0.2, 0.25) is 0 Å². The predicted octanol–water partition coefficient (Wildman–Crippen LogP) is 4.17. The minimum atomic E-state index is -0.813. The predicted molar refractivity (Wildman–Crippen MR) is 114 cm³/mol. The third-order valence-corrected chi connectivity index (χ3v) is 6.41. The van der Waals surface area contributed by atoms with Crippen molar-refractivity contribution in [3.05, 3.63) is 50.9 Å². The summed E-state index contributed by atoms with van der Waals surface area (Å²) in [5.41, 5.74) is 4.47. The highest BCUT2D eigenvalue weighted by atomic mass is 32.1. The van der Waals surface area contributed by atoms with E-state index in [1.807, 2.05) is 32.0 Å². The first-order chi connectivity index (χ1) is 13.8. The van der Waals surface area contributed by atoms with Crippen molar-refractivity contribution in [3.8, 4) is 0 Å². The molecule has 1 heterocycles. The largest absolute Gasteiger partial charge is 0.453 e. The summed E-state index contributed by atoms with van der Waals surface area (Å²) < 4.78 is 4.55. The van der Waals surface area contributed by atoms with Gasteiger partial charge in [-0.25, -0.2) is 4.79 Å². The number of hydrogen-bond acceptors (Lipinski definition) is 5. The van der Waals surface area contributed by atoms with Gasteiger partial charge in [0.1, 0.15) is 5.00 Å². The summed E-state index contributed by atoms with van der Waals surface area (Å²) in [4.78, 5) is 38.1. The van der Waals surface area contributed by atoms with E-state index in [9.17, 15) is 14.4 Å². The SMILES string of the molecule is COC(=O)NC(=O)c1c(NC(=O)Cc2ccc(C)cc2C)sc2c1CCC(C)C2. The average molecular weight is 415 g/mol. The van der Waals surface area contributed by atoms with Crippen LogP contribution in [0.15, 0.2) is 18.2 Å². The lowest BCUT2D eigenvalue weighted by Gasteiger charge is -2.18. The number of carbonyl (C=O) groups excluding carboxylic acids is 3. The molecule has 1 atom stereocenters. The number of amides is 3. The van der Waals surface area contributed by atoms with E-state index in [1.54, 1.807) is 0 Å². The summed E-state index contributed by atoms with van der Waals surface area (Å²) in [5.74, 6) is -0.196. The molecule has 0 radical (unpaired) electrons. The zero-order valence-electron chi connectivity index (χ0n) is 17.2. The molecular weight excluding hydrogens is 388 g/mol. The molecule has 0 spiro atoms. The van der Waals surface area contributed by atoms with Crippen molar-refractivity contribution in [1.29, 1.82) is 0 Å². The maximum atomic E-state index is 12.7. The minimum Gasteiger partial charge on any atom is -0.453 e. The molecule has 1 aromatic heterocycles. The van der Waals surface area contributed by atoms with E-state index in [4.69, 9.17) is 0 Å². The first-order valence-corrected chi connectivity index (χ1v) is 10.5. The normalized spacial score (nSPS) is 15.4. The van der Waals surface area contributed by atoms with Crippen molar-refractivity contribution in [2.45, 2.75) is 46.5 Å². The van der Waals surface area contributed by atoms with E-state index in [1.165, 1.54) is 18.4 Å². The Kier molecular flexibility index (Phi) is 6.37. The van der Waals surface area contributed by atoms with Gasteiger partial charge in [-0.15, -0.1) is 11.3 Å². The van der Waals surface area contributed by atoms with Gasteiger partial charge in [0.15, 0.2) is 0 Å². The lowest BCUT2D eigenvalue weighted by molar-refractivity contribution is -0.115. The first kappa shape index (κ1) is 21.0. The second-order valence-electron chi connectivity index (χ2n) is 7.66. The van der Waals surface area contributed by atoms with Gasteiger partial charge in [-0.1, -0.05) is 30.7 Å². The van der Waals surface area contributed by atoms with E-state index in [2.05, 4.69) is 22.3 Å². The van der Waals surface area contributed by atoms with Crippen LogP contribution < -0.4 is 10.6 Å². The van der Waals surface area contributed by atoms with Crippen molar-refractivity contribution in [1.82, 2.24) is 5.32 Å². The number of fused-ring (bicyclic) bond motifs is 1. The summed E-state index contributed by atoms with van der Waals surface area (Å²) in [6.07, 6.45) is 2.00. The van der Waals surface area contributed by atoms with Crippen molar-refractivity contribution < 1.29 is 19.1 Å². The van der Waals surface area contributed by atoms with Crippen LogP contribution in [0.4, 0.5) is 9.80 Å². The average Bonchev–Trinajstić information content (AvgIpc) is 3.00. The number of rotatable bonds is 4. The summed E-state index contributed by atoms with van der Waals surface area (Å²) in [5, 5.41) is 5.64. The smallest absolute Gasteiger partial charge is 0.413 e. The number of imide groups is 1. The highest BCUT2D eigenvalue weighted by Crippen LogP contribution is 2.39. The van der Waals surface area contributed by atoms with Gasteiger partial charge in [-0.05, 0) is 55.7 Å². The fourth-order valence-corrected chi connectivity index (χ4v) is 5.10. The van der Waals surface area contributed by atoms with Gasteiger partial charge >= 0.3 is 6.09 Å². The van der Waals surface area contributed by atoms with Crippen LogP contribution in [0.3, 0.4) is 0 Å². The Labute approximate surface area is 174 Å². The van der Waals surface area contributed by atoms with E-state index >= 15 is 0 Å². The summed E-state index contributed by atoms with van der Waals surface area (Å²) >= 11 is 1.43. The molecule has 1 unspecified atom stereocenters. The standard InChI is InChI=1S/C22H26N2O4S/c1-12-5-7-15(14(3)9-12)11-18(25)23-21-19(20(26)24-22(27)28-4)16-8-6-13(2)10-17(16)29-21/h5,7,9,13H,6,8,10-11H2,1-4H3,(H,23,25)(H,24,26,27). The molecule has 3 amide bonds. The summed E-state index contributed by atoms with van der Waals surface area (Å²) in [6.45, 7) is 6.17. The van der Waals surface area contributed by atoms with Gasteiger partial charge in [-0.3, -0.25) is 14.9 Å². The maximum absolute atomic E-state index is 12.7. The minimum absolute atomic E-state index is 0.185. The lowest BCUT2D eigenvalue weighted by Crippen LogP contribution is -2.31. The molecule has 1 aromatic carbocycles. The maximum Gasteiger partial charge on any atom is 0.413 e. The number of benzene rings is 1. The van der Waals surface area contributed by atoms with Crippen LogP contribution in [0.1, 0.15) is 50.8 Å². The van der Waals surface area contributed by atoms with Gasteiger partial charge in [0, 0.05) is 4.88 Å². The molecule has 1 aliphatic rings. The fourth-order valence-electron chi connectivity index (χ4n) is 3.67. The van der Waals surface area contributed by atoms with Crippen LogP contribution in [0, 0.1) is 19.8 Å². The molecule has 0 fully saturated rings.